The Labute approximate surface area is 160 Å². The molecule has 142 valence electrons. The van der Waals surface area contributed by atoms with Crippen LogP contribution in [-0.4, -0.2) is 36.1 Å². The van der Waals surface area contributed by atoms with E-state index in [1.54, 1.807) is 12.1 Å². The van der Waals surface area contributed by atoms with E-state index in [1.165, 1.54) is 35.5 Å². The minimum atomic E-state index is -0.158. The molecule has 0 amide bonds. The first kappa shape index (κ1) is 17.1. The molecule has 2 fully saturated rings. The first-order chi connectivity index (χ1) is 13.3. The van der Waals surface area contributed by atoms with E-state index in [1.807, 2.05) is 12.1 Å². The molecule has 0 bridgehead atoms. The number of benzene rings is 1. The monoisotopic (exact) mass is 366 g/mol. The van der Waals surface area contributed by atoms with Gasteiger partial charge in [-0.05, 0) is 56.3 Å². The van der Waals surface area contributed by atoms with Gasteiger partial charge in [-0.1, -0.05) is 12.1 Å². The number of rotatable bonds is 3. The highest BCUT2D eigenvalue weighted by atomic mass is 19.1. The number of nitrogens with zero attached hydrogens (tertiary/aromatic N) is 3. The summed E-state index contributed by atoms with van der Waals surface area (Å²) in [7, 11) is 0. The van der Waals surface area contributed by atoms with E-state index in [9.17, 15) is 4.39 Å². The summed E-state index contributed by atoms with van der Waals surface area (Å²) >= 11 is 0. The Bertz CT molecular complexity index is 816. The highest BCUT2D eigenvalue weighted by Gasteiger charge is 2.31. The van der Waals surface area contributed by atoms with Gasteiger partial charge in [-0.3, -0.25) is 0 Å². The van der Waals surface area contributed by atoms with Crippen molar-refractivity contribution >= 4 is 5.82 Å². The summed E-state index contributed by atoms with van der Waals surface area (Å²) in [4.78, 5) is 12.5. The molecule has 1 saturated heterocycles. The molecule has 1 N–H and O–H groups in total. The molecule has 5 heteroatoms. The van der Waals surface area contributed by atoms with Crippen LogP contribution >= 0.6 is 0 Å². The fourth-order valence-corrected chi connectivity index (χ4v) is 4.51. The van der Waals surface area contributed by atoms with Gasteiger partial charge >= 0.3 is 0 Å². The molecule has 1 aliphatic carbocycles. The number of hydrogen-bond acceptors (Lipinski definition) is 4. The van der Waals surface area contributed by atoms with Crippen LogP contribution in [-0.2, 0) is 12.8 Å². The van der Waals surface area contributed by atoms with Crippen LogP contribution in [0.15, 0.2) is 24.3 Å². The van der Waals surface area contributed by atoms with Crippen LogP contribution in [0.25, 0.3) is 0 Å². The first-order valence-electron chi connectivity index (χ1n) is 10.4. The topological polar surface area (TPSA) is 41.1 Å². The van der Waals surface area contributed by atoms with Gasteiger partial charge in [0.2, 0.25) is 0 Å². The zero-order valence-corrected chi connectivity index (χ0v) is 15.8. The Morgan fingerprint density at radius 1 is 0.963 bits per heavy atom. The van der Waals surface area contributed by atoms with Crippen LogP contribution in [0.1, 0.15) is 60.2 Å². The molecule has 1 aromatic carbocycles. The van der Waals surface area contributed by atoms with E-state index in [0.29, 0.717) is 11.8 Å². The first-order valence-corrected chi connectivity index (χ1v) is 10.4. The second-order valence-electron chi connectivity index (χ2n) is 8.19. The zero-order chi connectivity index (χ0) is 18.2. The van der Waals surface area contributed by atoms with Crippen molar-refractivity contribution in [2.24, 2.45) is 0 Å². The molecule has 4 nitrogen and oxygen atoms in total. The molecule has 0 radical (unpaired) electrons. The van der Waals surface area contributed by atoms with Crippen molar-refractivity contribution in [1.29, 1.82) is 0 Å². The van der Waals surface area contributed by atoms with E-state index in [0.717, 1.165) is 57.7 Å². The van der Waals surface area contributed by atoms with Crippen LogP contribution in [0, 0.1) is 5.82 Å². The average molecular weight is 366 g/mol. The van der Waals surface area contributed by atoms with E-state index >= 15 is 0 Å². The Hall–Kier alpha value is -2.01. The van der Waals surface area contributed by atoms with Crippen molar-refractivity contribution in [3.05, 3.63) is 52.7 Å². The third kappa shape index (κ3) is 3.57. The largest absolute Gasteiger partial charge is 0.356 e. The quantitative estimate of drug-likeness (QED) is 0.902. The maximum atomic E-state index is 13.3. The van der Waals surface area contributed by atoms with Crippen LogP contribution in [0.4, 0.5) is 10.2 Å². The standard InChI is InChI=1S/C22H27FN4/c23-18-7-5-15(6-8-18)17-2-1-13-27(14-17)22-19-9-11-24-12-10-20(19)25-21(26-22)16-3-4-16/h5-8,16-17,24H,1-4,9-14H2. The van der Waals surface area contributed by atoms with E-state index < -0.39 is 0 Å². The van der Waals surface area contributed by atoms with E-state index in [2.05, 4.69) is 10.2 Å². The van der Waals surface area contributed by atoms with Gasteiger partial charge in [0.25, 0.3) is 0 Å². The van der Waals surface area contributed by atoms with Gasteiger partial charge in [-0.25, -0.2) is 14.4 Å². The average Bonchev–Trinajstić information content (AvgIpc) is 3.55. The maximum absolute atomic E-state index is 13.3. The molecule has 5 rings (SSSR count). The van der Waals surface area contributed by atoms with E-state index in [4.69, 9.17) is 9.97 Å². The summed E-state index contributed by atoms with van der Waals surface area (Å²) in [5, 5.41) is 3.51. The third-order valence-corrected chi connectivity index (χ3v) is 6.18. The summed E-state index contributed by atoms with van der Waals surface area (Å²) in [6, 6.07) is 7.07. The molecular weight excluding hydrogens is 339 g/mol. The maximum Gasteiger partial charge on any atom is 0.135 e. The fourth-order valence-electron chi connectivity index (χ4n) is 4.51. The van der Waals surface area contributed by atoms with Gasteiger partial charge < -0.3 is 10.2 Å². The Kier molecular flexibility index (Phi) is 4.56. The Balaban J connectivity index is 1.47. The van der Waals surface area contributed by atoms with Crippen LogP contribution in [0.3, 0.4) is 0 Å². The molecular formula is C22H27FN4. The lowest BCUT2D eigenvalue weighted by molar-refractivity contribution is 0.504. The van der Waals surface area contributed by atoms with Crippen molar-refractivity contribution in [1.82, 2.24) is 15.3 Å². The predicted molar refractivity (Wildman–Crippen MR) is 105 cm³/mol. The third-order valence-electron chi connectivity index (χ3n) is 6.18. The van der Waals surface area contributed by atoms with Crippen molar-refractivity contribution < 1.29 is 4.39 Å². The molecule has 2 aromatic rings. The second-order valence-corrected chi connectivity index (χ2v) is 8.19. The summed E-state index contributed by atoms with van der Waals surface area (Å²) in [5.41, 5.74) is 3.85. The minimum absolute atomic E-state index is 0.158. The molecule has 27 heavy (non-hydrogen) atoms. The van der Waals surface area contributed by atoms with Gasteiger partial charge in [-0.15, -0.1) is 0 Å². The highest BCUT2D eigenvalue weighted by Crippen LogP contribution is 2.40. The van der Waals surface area contributed by atoms with E-state index in [-0.39, 0.29) is 5.82 Å². The summed E-state index contributed by atoms with van der Waals surface area (Å²) < 4.78 is 13.3. The number of anilines is 1. The molecule has 1 saturated carbocycles. The Morgan fingerprint density at radius 2 is 1.78 bits per heavy atom. The van der Waals surface area contributed by atoms with Crippen LogP contribution in [0.2, 0.25) is 0 Å². The van der Waals surface area contributed by atoms with Crippen LogP contribution < -0.4 is 10.2 Å². The summed E-state index contributed by atoms with van der Waals surface area (Å²) in [6.07, 6.45) is 6.78. The van der Waals surface area contributed by atoms with Gasteiger partial charge in [0, 0.05) is 43.5 Å². The smallest absolute Gasteiger partial charge is 0.135 e. The van der Waals surface area contributed by atoms with Crippen LogP contribution in [0.5, 0.6) is 0 Å². The molecule has 2 aliphatic heterocycles. The lowest BCUT2D eigenvalue weighted by atomic mass is 9.90. The Morgan fingerprint density at radius 3 is 2.59 bits per heavy atom. The highest BCUT2D eigenvalue weighted by molar-refractivity contribution is 5.51. The number of fused-ring (bicyclic) bond motifs is 1. The lowest BCUT2D eigenvalue weighted by Crippen LogP contribution is -2.36. The molecule has 1 atom stereocenters. The second kappa shape index (κ2) is 7.19. The van der Waals surface area contributed by atoms with Gasteiger partial charge in [0.15, 0.2) is 0 Å². The van der Waals surface area contributed by atoms with Gasteiger partial charge in [-0.2, -0.15) is 0 Å². The molecule has 1 aromatic heterocycles. The lowest BCUT2D eigenvalue weighted by Gasteiger charge is -2.35. The van der Waals surface area contributed by atoms with Crippen molar-refractivity contribution in [3.8, 4) is 0 Å². The minimum Gasteiger partial charge on any atom is -0.356 e. The van der Waals surface area contributed by atoms with Crippen molar-refractivity contribution in [2.75, 3.05) is 31.1 Å². The number of aromatic nitrogens is 2. The molecule has 3 heterocycles. The summed E-state index contributed by atoms with van der Waals surface area (Å²) in [5.74, 6) is 3.10. The zero-order valence-electron chi connectivity index (χ0n) is 15.8. The molecule has 3 aliphatic rings. The fraction of sp³-hybridized carbons (Fsp3) is 0.545. The number of nitrogens with one attached hydrogen (secondary N) is 1. The predicted octanol–water partition coefficient (Wildman–Crippen LogP) is 3.57. The SMILES string of the molecule is Fc1ccc(C2CCCN(c3nc(C4CC4)nc4c3CCNCC4)C2)cc1. The van der Waals surface area contributed by atoms with Crippen molar-refractivity contribution in [2.45, 2.75) is 50.4 Å². The normalized spacial score (nSPS) is 23.0. The number of halogens is 1. The van der Waals surface area contributed by atoms with Crippen molar-refractivity contribution in [3.63, 3.8) is 0 Å². The number of piperidine rings is 1. The summed E-state index contributed by atoms with van der Waals surface area (Å²) in [6.45, 7) is 4.03. The van der Waals surface area contributed by atoms with Gasteiger partial charge in [0.1, 0.15) is 17.5 Å². The molecule has 1 unspecified atom stereocenters. The van der Waals surface area contributed by atoms with Gasteiger partial charge in [0.05, 0.1) is 5.69 Å². The number of hydrogen-bond donors (Lipinski definition) is 1. The molecule has 0 spiro atoms.